The van der Waals surface area contributed by atoms with Gasteiger partial charge in [0.1, 0.15) is 17.2 Å². The molecule has 0 aliphatic carbocycles. The van der Waals surface area contributed by atoms with Crippen molar-refractivity contribution in [2.24, 2.45) is 5.92 Å². The summed E-state index contributed by atoms with van der Waals surface area (Å²) >= 11 is 6.11. The van der Waals surface area contributed by atoms with Crippen LogP contribution in [-0.2, 0) is 4.79 Å². The minimum atomic E-state index is -0.312. The number of aryl methyl sites for hydroxylation is 1. The summed E-state index contributed by atoms with van der Waals surface area (Å²) in [4.78, 5) is 27.1. The first kappa shape index (κ1) is 21.0. The van der Waals surface area contributed by atoms with E-state index in [0.29, 0.717) is 53.8 Å². The molecule has 1 fully saturated rings. The lowest BCUT2D eigenvalue weighted by molar-refractivity contribution is -0.140. The molecule has 0 radical (unpaired) electrons. The zero-order valence-corrected chi connectivity index (χ0v) is 17.5. The van der Waals surface area contributed by atoms with Gasteiger partial charge in [-0.05, 0) is 49.6 Å². The number of rotatable bonds is 5. The molecule has 1 aliphatic rings. The fraction of sp³-hybridized carbons (Fsp3) is 0.364. The molecule has 0 N–H and O–H groups in total. The number of carbonyl (C=O) groups excluding carboxylic acids is 2. The molecule has 1 heterocycles. The predicted molar refractivity (Wildman–Crippen MR) is 110 cm³/mol. The van der Waals surface area contributed by atoms with Crippen LogP contribution in [0, 0.1) is 12.8 Å². The summed E-state index contributed by atoms with van der Waals surface area (Å²) in [6, 6.07) is 10.4. The molecule has 0 unspecified atom stereocenters. The van der Waals surface area contributed by atoms with E-state index in [1.165, 1.54) is 0 Å². The van der Waals surface area contributed by atoms with Crippen molar-refractivity contribution in [3.63, 3.8) is 0 Å². The Morgan fingerprint density at radius 1 is 1.00 bits per heavy atom. The molecule has 0 bridgehead atoms. The summed E-state index contributed by atoms with van der Waals surface area (Å²) in [7, 11) is 3.08. The van der Waals surface area contributed by atoms with Gasteiger partial charge in [-0.1, -0.05) is 17.7 Å². The Morgan fingerprint density at radius 2 is 1.62 bits per heavy atom. The monoisotopic (exact) mass is 417 g/mol. The zero-order chi connectivity index (χ0) is 21.0. The lowest BCUT2D eigenvalue weighted by Gasteiger charge is -2.31. The van der Waals surface area contributed by atoms with Gasteiger partial charge in [-0.25, -0.2) is 0 Å². The molecule has 1 amide bonds. The van der Waals surface area contributed by atoms with Gasteiger partial charge in [0.2, 0.25) is 0 Å². The van der Waals surface area contributed by atoms with Crippen molar-refractivity contribution < 1.29 is 23.8 Å². The summed E-state index contributed by atoms with van der Waals surface area (Å²) in [6.45, 7) is 2.85. The average Bonchev–Trinajstić information content (AvgIpc) is 2.75. The third-order valence-electron chi connectivity index (χ3n) is 5.01. The molecule has 7 heteroatoms. The summed E-state index contributed by atoms with van der Waals surface area (Å²) in [5, 5.41) is 0.406. The van der Waals surface area contributed by atoms with Gasteiger partial charge in [-0.15, -0.1) is 0 Å². The van der Waals surface area contributed by atoms with Gasteiger partial charge in [-0.3, -0.25) is 9.59 Å². The Balaban J connectivity index is 1.62. The van der Waals surface area contributed by atoms with Gasteiger partial charge in [0.15, 0.2) is 0 Å². The lowest BCUT2D eigenvalue weighted by atomic mass is 9.96. The summed E-state index contributed by atoms with van der Waals surface area (Å²) < 4.78 is 16.0. The summed E-state index contributed by atoms with van der Waals surface area (Å²) in [6.07, 6.45) is 1.07. The van der Waals surface area contributed by atoms with E-state index in [2.05, 4.69) is 0 Å². The highest BCUT2D eigenvalue weighted by atomic mass is 35.5. The molecule has 0 saturated carbocycles. The Kier molecular flexibility index (Phi) is 6.64. The van der Waals surface area contributed by atoms with E-state index in [0.717, 1.165) is 5.56 Å². The number of carbonyl (C=O) groups is 2. The first-order valence-corrected chi connectivity index (χ1v) is 9.79. The highest BCUT2D eigenvalue weighted by Gasteiger charge is 2.30. The molecule has 1 saturated heterocycles. The normalized spacial score (nSPS) is 14.4. The number of amides is 1. The van der Waals surface area contributed by atoms with Crippen LogP contribution >= 0.6 is 11.6 Å². The second kappa shape index (κ2) is 9.18. The Bertz CT molecular complexity index is 884. The van der Waals surface area contributed by atoms with E-state index in [4.69, 9.17) is 25.8 Å². The molecule has 2 aromatic rings. The van der Waals surface area contributed by atoms with Crippen LogP contribution in [0.2, 0.25) is 5.02 Å². The minimum absolute atomic E-state index is 0.115. The summed E-state index contributed by atoms with van der Waals surface area (Å²) in [5.74, 6) is 0.792. The van der Waals surface area contributed by atoms with Crippen molar-refractivity contribution in [1.29, 1.82) is 0 Å². The van der Waals surface area contributed by atoms with Crippen LogP contribution < -0.4 is 14.2 Å². The van der Waals surface area contributed by atoms with Crippen LogP contribution in [0.25, 0.3) is 0 Å². The molecule has 0 aromatic heterocycles. The Labute approximate surface area is 175 Å². The van der Waals surface area contributed by atoms with Crippen LogP contribution in [0.4, 0.5) is 0 Å². The first-order chi connectivity index (χ1) is 13.9. The van der Waals surface area contributed by atoms with Crippen LogP contribution in [0.3, 0.4) is 0 Å². The smallest absolute Gasteiger partial charge is 0.314 e. The van der Waals surface area contributed by atoms with E-state index in [-0.39, 0.29) is 17.8 Å². The van der Waals surface area contributed by atoms with Crippen LogP contribution in [0.1, 0.15) is 28.8 Å². The van der Waals surface area contributed by atoms with Crippen LogP contribution in [0.5, 0.6) is 17.2 Å². The largest absolute Gasteiger partial charge is 0.497 e. The second-order valence-electron chi connectivity index (χ2n) is 7.02. The minimum Gasteiger partial charge on any atom is -0.497 e. The molecule has 0 atom stereocenters. The number of hydrogen-bond acceptors (Lipinski definition) is 5. The average molecular weight is 418 g/mol. The lowest BCUT2D eigenvalue weighted by Crippen LogP contribution is -2.41. The van der Waals surface area contributed by atoms with E-state index in [9.17, 15) is 9.59 Å². The molecular weight excluding hydrogens is 394 g/mol. The number of nitrogens with zero attached hydrogens (tertiary/aromatic N) is 1. The summed E-state index contributed by atoms with van der Waals surface area (Å²) in [5.41, 5.74) is 1.46. The number of piperidine rings is 1. The maximum Gasteiger partial charge on any atom is 0.314 e. The highest BCUT2D eigenvalue weighted by molar-refractivity contribution is 6.32. The molecule has 2 aromatic carbocycles. The van der Waals surface area contributed by atoms with Crippen molar-refractivity contribution in [3.05, 3.63) is 52.5 Å². The van der Waals surface area contributed by atoms with Crippen molar-refractivity contribution in [2.75, 3.05) is 27.3 Å². The maximum absolute atomic E-state index is 12.9. The number of hydrogen-bond donors (Lipinski definition) is 0. The van der Waals surface area contributed by atoms with Crippen molar-refractivity contribution >= 4 is 23.5 Å². The van der Waals surface area contributed by atoms with Crippen molar-refractivity contribution in [1.82, 2.24) is 4.90 Å². The van der Waals surface area contributed by atoms with Crippen LogP contribution in [-0.4, -0.2) is 44.1 Å². The van der Waals surface area contributed by atoms with Gasteiger partial charge in [0, 0.05) is 24.7 Å². The number of benzene rings is 2. The van der Waals surface area contributed by atoms with E-state index in [1.807, 2.05) is 13.0 Å². The van der Waals surface area contributed by atoms with Gasteiger partial charge >= 0.3 is 5.97 Å². The number of esters is 1. The highest BCUT2D eigenvalue weighted by Crippen LogP contribution is 2.29. The molecule has 0 spiro atoms. The van der Waals surface area contributed by atoms with Crippen LogP contribution in [0.15, 0.2) is 36.4 Å². The SMILES string of the molecule is COc1cc(OC)cc(C(=O)N2CCC(C(=O)Oc3cc(C)ccc3Cl)CC2)c1. The molecular formula is C22H24ClNO5. The number of methoxy groups -OCH3 is 2. The standard InChI is InChI=1S/C22H24ClNO5/c1-14-4-5-19(23)20(10-14)29-22(26)15-6-8-24(9-7-15)21(25)16-11-17(27-2)13-18(12-16)28-3/h4-5,10-13,15H,6-9H2,1-3H3. The van der Waals surface area contributed by atoms with Gasteiger partial charge < -0.3 is 19.1 Å². The van der Waals surface area contributed by atoms with Gasteiger partial charge in [0.25, 0.3) is 5.91 Å². The van der Waals surface area contributed by atoms with E-state index >= 15 is 0 Å². The molecule has 3 rings (SSSR count). The molecule has 154 valence electrons. The number of likely N-dealkylation sites (tertiary alicyclic amines) is 1. The predicted octanol–water partition coefficient (Wildman–Crippen LogP) is 4.12. The second-order valence-corrected chi connectivity index (χ2v) is 7.43. The fourth-order valence-electron chi connectivity index (χ4n) is 3.31. The van der Waals surface area contributed by atoms with E-state index < -0.39 is 0 Å². The molecule has 1 aliphatic heterocycles. The fourth-order valence-corrected chi connectivity index (χ4v) is 3.47. The third-order valence-corrected chi connectivity index (χ3v) is 5.32. The zero-order valence-electron chi connectivity index (χ0n) is 16.7. The first-order valence-electron chi connectivity index (χ1n) is 9.41. The Hall–Kier alpha value is -2.73. The topological polar surface area (TPSA) is 65.1 Å². The third kappa shape index (κ3) is 5.01. The molecule has 29 heavy (non-hydrogen) atoms. The van der Waals surface area contributed by atoms with Gasteiger partial charge in [-0.2, -0.15) is 0 Å². The number of ether oxygens (including phenoxy) is 3. The van der Waals surface area contributed by atoms with Gasteiger partial charge in [0.05, 0.1) is 25.2 Å². The Morgan fingerprint density at radius 3 is 2.21 bits per heavy atom. The maximum atomic E-state index is 12.9. The van der Waals surface area contributed by atoms with Crippen molar-refractivity contribution in [3.8, 4) is 17.2 Å². The quantitative estimate of drug-likeness (QED) is 0.540. The number of halogens is 1. The van der Waals surface area contributed by atoms with E-state index in [1.54, 1.807) is 49.5 Å². The molecule has 6 nitrogen and oxygen atoms in total. The van der Waals surface area contributed by atoms with Crippen molar-refractivity contribution in [2.45, 2.75) is 19.8 Å².